The Kier molecular flexibility index (Phi) is 6.07. The third-order valence-electron chi connectivity index (χ3n) is 2.47. The Balaban J connectivity index is 2.44. The fourth-order valence-corrected chi connectivity index (χ4v) is 2.94. The van der Waals surface area contributed by atoms with E-state index in [0.29, 0.717) is 6.54 Å². The first-order chi connectivity index (χ1) is 8.49. The second-order valence-corrected chi connectivity index (χ2v) is 6.03. The van der Waals surface area contributed by atoms with E-state index in [-0.39, 0.29) is 16.8 Å². The molecule has 0 atom stereocenters. The number of aromatic nitrogens is 2. The minimum absolute atomic E-state index is 0.0998. The van der Waals surface area contributed by atoms with Gasteiger partial charge in [-0.15, -0.1) is 0 Å². The van der Waals surface area contributed by atoms with Gasteiger partial charge in [0.25, 0.3) is 10.0 Å². The maximum atomic E-state index is 11.8. The van der Waals surface area contributed by atoms with Crippen molar-refractivity contribution in [2.24, 2.45) is 7.05 Å². The molecule has 0 saturated carbocycles. The molecule has 0 aliphatic rings. The van der Waals surface area contributed by atoms with Gasteiger partial charge in [0.1, 0.15) is 5.15 Å². The van der Waals surface area contributed by atoms with Crippen LogP contribution in [0, 0.1) is 0 Å². The molecule has 0 unspecified atom stereocenters. The highest BCUT2D eigenvalue weighted by molar-refractivity contribution is 7.89. The third kappa shape index (κ3) is 4.24. The number of unbranched alkanes of at least 4 members (excludes halogenated alkanes) is 3. The molecular weight excluding hydrogens is 278 g/mol. The zero-order chi connectivity index (χ0) is 13.6. The molecule has 0 saturated heterocycles. The maximum Gasteiger partial charge on any atom is 0.261 e. The van der Waals surface area contributed by atoms with Gasteiger partial charge in [0.2, 0.25) is 5.03 Å². The van der Waals surface area contributed by atoms with Crippen molar-refractivity contribution >= 4 is 21.6 Å². The highest BCUT2D eigenvalue weighted by Gasteiger charge is 2.21. The standard InChI is InChI=1S/C10H18ClN3O3S/c1-14-8-12-10(9(14)11)18(16,17)13-6-4-2-3-5-7-15/h8,13,15H,2-7H2,1H3. The Morgan fingerprint density at radius 2 is 2.06 bits per heavy atom. The number of rotatable bonds is 8. The largest absolute Gasteiger partial charge is 0.396 e. The quantitative estimate of drug-likeness (QED) is 0.698. The Bertz CT molecular complexity index is 473. The van der Waals surface area contributed by atoms with Crippen LogP contribution >= 0.6 is 11.6 Å². The molecule has 6 nitrogen and oxygen atoms in total. The molecule has 0 aliphatic carbocycles. The molecule has 0 spiro atoms. The highest BCUT2D eigenvalue weighted by atomic mass is 35.5. The maximum absolute atomic E-state index is 11.8. The van der Waals surface area contributed by atoms with Gasteiger partial charge in [0, 0.05) is 20.2 Å². The van der Waals surface area contributed by atoms with Crippen LogP contribution in [0.2, 0.25) is 5.15 Å². The van der Waals surface area contributed by atoms with Crippen molar-refractivity contribution in [2.45, 2.75) is 30.7 Å². The lowest BCUT2D eigenvalue weighted by atomic mass is 10.2. The topological polar surface area (TPSA) is 84.2 Å². The first-order valence-electron chi connectivity index (χ1n) is 5.76. The zero-order valence-corrected chi connectivity index (χ0v) is 11.8. The Labute approximate surface area is 112 Å². The van der Waals surface area contributed by atoms with E-state index in [9.17, 15) is 8.42 Å². The number of hydrogen-bond donors (Lipinski definition) is 2. The summed E-state index contributed by atoms with van der Waals surface area (Å²) >= 11 is 5.83. The normalized spacial score (nSPS) is 11.9. The van der Waals surface area contributed by atoms with Crippen LogP contribution in [0.15, 0.2) is 11.4 Å². The number of halogens is 1. The van der Waals surface area contributed by atoms with Crippen molar-refractivity contribution < 1.29 is 13.5 Å². The monoisotopic (exact) mass is 295 g/mol. The van der Waals surface area contributed by atoms with Gasteiger partial charge in [0.15, 0.2) is 0 Å². The van der Waals surface area contributed by atoms with Crippen LogP contribution in [0.3, 0.4) is 0 Å². The second kappa shape index (κ2) is 7.08. The lowest BCUT2D eigenvalue weighted by Gasteiger charge is -2.04. The van der Waals surface area contributed by atoms with Crippen molar-refractivity contribution in [1.29, 1.82) is 0 Å². The summed E-state index contributed by atoms with van der Waals surface area (Å²) < 4.78 is 27.6. The first kappa shape index (κ1) is 15.4. The fraction of sp³-hybridized carbons (Fsp3) is 0.700. The zero-order valence-electron chi connectivity index (χ0n) is 10.3. The van der Waals surface area contributed by atoms with Crippen LogP contribution in [0.5, 0.6) is 0 Å². The molecule has 18 heavy (non-hydrogen) atoms. The molecule has 104 valence electrons. The third-order valence-corrected chi connectivity index (χ3v) is 4.42. The minimum atomic E-state index is -3.63. The molecule has 0 aliphatic heterocycles. The van der Waals surface area contributed by atoms with Gasteiger partial charge >= 0.3 is 0 Å². The fourth-order valence-electron chi connectivity index (χ4n) is 1.44. The molecule has 0 aromatic carbocycles. The van der Waals surface area contributed by atoms with Crippen molar-refractivity contribution in [3.8, 4) is 0 Å². The summed E-state index contributed by atoms with van der Waals surface area (Å²) in [5.41, 5.74) is 0. The van der Waals surface area contributed by atoms with E-state index < -0.39 is 10.0 Å². The van der Waals surface area contributed by atoms with E-state index in [1.165, 1.54) is 10.9 Å². The van der Waals surface area contributed by atoms with Crippen LogP contribution < -0.4 is 4.72 Å². The van der Waals surface area contributed by atoms with Crippen LogP contribution in [0.25, 0.3) is 0 Å². The predicted molar refractivity (Wildman–Crippen MR) is 69.0 cm³/mol. The highest BCUT2D eigenvalue weighted by Crippen LogP contribution is 2.18. The summed E-state index contributed by atoms with van der Waals surface area (Å²) in [6.07, 6.45) is 4.60. The van der Waals surface area contributed by atoms with E-state index in [0.717, 1.165) is 25.7 Å². The van der Waals surface area contributed by atoms with E-state index in [1.54, 1.807) is 7.05 Å². The van der Waals surface area contributed by atoms with Crippen molar-refractivity contribution in [3.05, 3.63) is 11.5 Å². The molecule has 0 radical (unpaired) electrons. The van der Waals surface area contributed by atoms with Gasteiger partial charge in [-0.1, -0.05) is 24.4 Å². The molecule has 1 aromatic rings. The van der Waals surface area contributed by atoms with Crippen molar-refractivity contribution in [2.75, 3.05) is 13.2 Å². The summed E-state index contributed by atoms with van der Waals surface area (Å²) in [5.74, 6) is 0. The van der Waals surface area contributed by atoms with Crippen LogP contribution in [-0.2, 0) is 17.1 Å². The van der Waals surface area contributed by atoms with E-state index in [1.807, 2.05) is 0 Å². The smallest absolute Gasteiger partial charge is 0.261 e. The molecular formula is C10H18ClN3O3S. The van der Waals surface area contributed by atoms with Gasteiger partial charge in [-0.25, -0.2) is 18.1 Å². The summed E-state index contributed by atoms with van der Waals surface area (Å²) in [6.45, 7) is 0.524. The molecule has 0 fully saturated rings. The summed E-state index contributed by atoms with van der Waals surface area (Å²) in [5, 5.41) is 8.56. The molecule has 0 amide bonds. The number of nitrogens with one attached hydrogen (secondary N) is 1. The molecule has 1 aromatic heterocycles. The molecule has 2 N–H and O–H groups in total. The van der Waals surface area contributed by atoms with Gasteiger partial charge in [0.05, 0.1) is 6.33 Å². The van der Waals surface area contributed by atoms with Gasteiger partial charge in [-0.3, -0.25) is 0 Å². The molecule has 0 bridgehead atoms. The number of aliphatic hydroxyl groups is 1. The lowest BCUT2D eigenvalue weighted by molar-refractivity contribution is 0.282. The first-order valence-corrected chi connectivity index (χ1v) is 7.62. The molecule has 1 rings (SSSR count). The van der Waals surface area contributed by atoms with Crippen LogP contribution in [-0.4, -0.2) is 36.2 Å². The van der Waals surface area contributed by atoms with Gasteiger partial charge in [-0.2, -0.15) is 0 Å². The van der Waals surface area contributed by atoms with Crippen LogP contribution in [0.4, 0.5) is 0 Å². The Morgan fingerprint density at radius 1 is 1.39 bits per heavy atom. The average Bonchev–Trinajstić information content (AvgIpc) is 2.65. The summed E-state index contributed by atoms with van der Waals surface area (Å²) in [7, 11) is -2.00. The number of imidazole rings is 1. The number of hydrogen-bond acceptors (Lipinski definition) is 4. The number of nitrogens with zero attached hydrogens (tertiary/aromatic N) is 2. The van der Waals surface area contributed by atoms with Crippen LogP contribution in [0.1, 0.15) is 25.7 Å². The number of aryl methyl sites for hydroxylation is 1. The lowest BCUT2D eigenvalue weighted by Crippen LogP contribution is -2.25. The average molecular weight is 296 g/mol. The van der Waals surface area contributed by atoms with E-state index in [4.69, 9.17) is 16.7 Å². The number of sulfonamides is 1. The summed E-state index contributed by atoms with van der Waals surface area (Å²) in [4.78, 5) is 3.76. The number of aliphatic hydroxyl groups excluding tert-OH is 1. The SMILES string of the molecule is Cn1cnc(S(=O)(=O)NCCCCCCO)c1Cl. The van der Waals surface area contributed by atoms with E-state index >= 15 is 0 Å². The minimum Gasteiger partial charge on any atom is -0.396 e. The summed E-state index contributed by atoms with van der Waals surface area (Å²) in [6, 6.07) is 0. The second-order valence-electron chi connectivity index (χ2n) is 3.99. The van der Waals surface area contributed by atoms with E-state index in [2.05, 4.69) is 9.71 Å². The molecule has 8 heteroatoms. The Hall–Kier alpha value is -0.630. The van der Waals surface area contributed by atoms with Crippen molar-refractivity contribution in [1.82, 2.24) is 14.3 Å². The van der Waals surface area contributed by atoms with Gasteiger partial charge < -0.3 is 9.67 Å². The van der Waals surface area contributed by atoms with Crippen molar-refractivity contribution in [3.63, 3.8) is 0 Å². The predicted octanol–water partition coefficient (Wildman–Crippen LogP) is 0.904. The van der Waals surface area contributed by atoms with Gasteiger partial charge in [-0.05, 0) is 12.8 Å². The Morgan fingerprint density at radius 3 is 2.61 bits per heavy atom. The molecule has 1 heterocycles.